The molecule has 0 aliphatic rings. The average molecular weight is 247 g/mol. The van der Waals surface area contributed by atoms with Gasteiger partial charge in [0, 0.05) is 5.25 Å². The van der Waals surface area contributed by atoms with Gasteiger partial charge in [-0.15, -0.1) is 0 Å². The Balaban J connectivity index is 4.25. The Morgan fingerprint density at radius 1 is 1.44 bits per heavy atom. The van der Waals surface area contributed by atoms with Gasteiger partial charge in [0.1, 0.15) is 5.54 Å². The topological polar surface area (TPSA) is 49.3 Å². The van der Waals surface area contributed by atoms with Crippen LogP contribution in [0.4, 0.5) is 0 Å². The highest BCUT2D eigenvalue weighted by Crippen LogP contribution is 2.22. The molecule has 0 aromatic rings. The van der Waals surface area contributed by atoms with E-state index in [1.54, 1.807) is 6.92 Å². The van der Waals surface area contributed by atoms with Crippen molar-refractivity contribution < 1.29 is 9.90 Å². The number of rotatable bonds is 9. The van der Waals surface area contributed by atoms with Crippen molar-refractivity contribution in [2.75, 3.05) is 12.3 Å². The molecule has 0 aliphatic heterocycles. The van der Waals surface area contributed by atoms with Gasteiger partial charge in [-0.25, -0.2) is 0 Å². The maximum absolute atomic E-state index is 11.3. The van der Waals surface area contributed by atoms with Gasteiger partial charge in [0.2, 0.25) is 0 Å². The molecular formula is C12H25NO2S. The van der Waals surface area contributed by atoms with E-state index in [9.17, 15) is 9.90 Å². The van der Waals surface area contributed by atoms with E-state index in [1.165, 1.54) is 0 Å². The third-order valence-corrected chi connectivity index (χ3v) is 3.92. The van der Waals surface area contributed by atoms with Gasteiger partial charge < -0.3 is 10.4 Å². The Labute approximate surface area is 103 Å². The van der Waals surface area contributed by atoms with Gasteiger partial charge in [-0.3, -0.25) is 4.79 Å². The van der Waals surface area contributed by atoms with Crippen LogP contribution in [0, 0.1) is 0 Å². The number of thioether (sulfide) groups is 1. The van der Waals surface area contributed by atoms with E-state index in [1.807, 2.05) is 18.7 Å². The largest absolute Gasteiger partial charge is 0.480 e. The molecule has 3 nitrogen and oxygen atoms in total. The summed E-state index contributed by atoms with van der Waals surface area (Å²) in [7, 11) is 0. The Kier molecular flexibility index (Phi) is 7.85. The van der Waals surface area contributed by atoms with Crippen LogP contribution in [0.25, 0.3) is 0 Å². The molecule has 0 rings (SSSR count). The summed E-state index contributed by atoms with van der Waals surface area (Å²) in [6.45, 7) is 8.84. The SMILES string of the molecule is CCCNC(C)(CC(C)SCCC)C(=O)O. The molecular weight excluding hydrogens is 222 g/mol. The minimum Gasteiger partial charge on any atom is -0.480 e. The zero-order valence-electron chi connectivity index (χ0n) is 10.9. The van der Waals surface area contributed by atoms with Crippen molar-refractivity contribution in [2.45, 2.75) is 57.7 Å². The first-order valence-corrected chi connectivity index (χ1v) is 7.11. The first-order valence-electron chi connectivity index (χ1n) is 6.06. The summed E-state index contributed by atoms with van der Waals surface area (Å²) in [6.07, 6.45) is 2.77. The van der Waals surface area contributed by atoms with E-state index >= 15 is 0 Å². The van der Waals surface area contributed by atoms with Crippen molar-refractivity contribution in [2.24, 2.45) is 0 Å². The number of carbonyl (C=O) groups is 1. The number of nitrogens with one attached hydrogen (secondary N) is 1. The van der Waals surface area contributed by atoms with Gasteiger partial charge in [0.05, 0.1) is 0 Å². The molecule has 0 aromatic heterocycles. The van der Waals surface area contributed by atoms with E-state index < -0.39 is 11.5 Å². The summed E-state index contributed by atoms with van der Waals surface area (Å²) in [6, 6.07) is 0. The van der Waals surface area contributed by atoms with Crippen LogP contribution in [0.3, 0.4) is 0 Å². The fraction of sp³-hybridized carbons (Fsp3) is 0.917. The lowest BCUT2D eigenvalue weighted by Crippen LogP contribution is -2.51. The van der Waals surface area contributed by atoms with E-state index in [0.717, 1.165) is 25.1 Å². The average Bonchev–Trinajstić information content (AvgIpc) is 2.23. The number of carboxylic acid groups (broad SMARTS) is 1. The quantitative estimate of drug-likeness (QED) is 0.658. The maximum atomic E-state index is 11.3. The van der Waals surface area contributed by atoms with Gasteiger partial charge in [-0.1, -0.05) is 20.8 Å². The van der Waals surface area contributed by atoms with E-state index in [-0.39, 0.29) is 0 Å². The summed E-state index contributed by atoms with van der Waals surface area (Å²) >= 11 is 1.85. The molecule has 0 fully saturated rings. The molecule has 0 aromatic carbocycles. The Morgan fingerprint density at radius 3 is 2.50 bits per heavy atom. The van der Waals surface area contributed by atoms with Crippen molar-refractivity contribution in [3.63, 3.8) is 0 Å². The molecule has 2 N–H and O–H groups in total. The molecule has 0 amide bonds. The molecule has 16 heavy (non-hydrogen) atoms. The molecule has 2 atom stereocenters. The van der Waals surface area contributed by atoms with Crippen LogP contribution in [-0.4, -0.2) is 34.2 Å². The molecule has 96 valence electrons. The predicted octanol–water partition coefficient (Wildman–Crippen LogP) is 2.75. The molecule has 2 unspecified atom stereocenters. The van der Waals surface area contributed by atoms with Crippen LogP contribution in [0.1, 0.15) is 47.0 Å². The molecule has 0 spiro atoms. The van der Waals surface area contributed by atoms with Crippen molar-refractivity contribution in [3.05, 3.63) is 0 Å². The van der Waals surface area contributed by atoms with Crippen LogP contribution >= 0.6 is 11.8 Å². The van der Waals surface area contributed by atoms with Crippen LogP contribution in [0.15, 0.2) is 0 Å². The highest BCUT2D eigenvalue weighted by molar-refractivity contribution is 7.99. The summed E-state index contributed by atoms with van der Waals surface area (Å²) in [4.78, 5) is 11.3. The normalized spacial score (nSPS) is 16.8. The number of hydrogen-bond donors (Lipinski definition) is 2. The second-order valence-corrected chi connectivity index (χ2v) is 6.00. The van der Waals surface area contributed by atoms with Gasteiger partial charge >= 0.3 is 5.97 Å². The summed E-state index contributed by atoms with van der Waals surface area (Å²) in [5.41, 5.74) is -0.782. The van der Waals surface area contributed by atoms with Gasteiger partial charge in [0.15, 0.2) is 0 Å². The molecule has 0 saturated carbocycles. The minimum atomic E-state index is -0.782. The highest BCUT2D eigenvalue weighted by Gasteiger charge is 2.33. The van der Waals surface area contributed by atoms with E-state index in [2.05, 4.69) is 19.2 Å². The lowest BCUT2D eigenvalue weighted by molar-refractivity contribution is -0.144. The fourth-order valence-corrected chi connectivity index (χ4v) is 2.68. The molecule has 0 heterocycles. The van der Waals surface area contributed by atoms with Crippen molar-refractivity contribution in [3.8, 4) is 0 Å². The van der Waals surface area contributed by atoms with Crippen LogP contribution in [0.2, 0.25) is 0 Å². The number of carboxylic acids is 1. The second kappa shape index (κ2) is 7.96. The van der Waals surface area contributed by atoms with Gasteiger partial charge in [-0.2, -0.15) is 11.8 Å². The Hall–Kier alpha value is -0.220. The van der Waals surface area contributed by atoms with Gasteiger partial charge in [-0.05, 0) is 38.5 Å². The first-order chi connectivity index (χ1) is 7.46. The fourth-order valence-electron chi connectivity index (χ4n) is 1.59. The molecule has 0 saturated heterocycles. The lowest BCUT2D eigenvalue weighted by Gasteiger charge is -2.29. The zero-order chi connectivity index (χ0) is 12.6. The molecule has 4 heteroatoms. The van der Waals surface area contributed by atoms with Crippen LogP contribution < -0.4 is 5.32 Å². The summed E-state index contributed by atoms with van der Waals surface area (Å²) < 4.78 is 0. The van der Waals surface area contributed by atoms with Crippen LogP contribution in [0.5, 0.6) is 0 Å². The van der Waals surface area contributed by atoms with E-state index in [0.29, 0.717) is 11.7 Å². The lowest BCUT2D eigenvalue weighted by atomic mass is 9.96. The number of aliphatic carboxylic acids is 1. The van der Waals surface area contributed by atoms with Crippen molar-refractivity contribution >= 4 is 17.7 Å². The second-order valence-electron chi connectivity index (χ2n) is 4.45. The van der Waals surface area contributed by atoms with Gasteiger partial charge in [0.25, 0.3) is 0 Å². The Bertz CT molecular complexity index is 211. The summed E-state index contributed by atoms with van der Waals surface area (Å²) in [5, 5.41) is 12.8. The van der Waals surface area contributed by atoms with Crippen molar-refractivity contribution in [1.29, 1.82) is 0 Å². The monoisotopic (exact) mass is 247 g/mol. The number of hydrogen-bond acceptors (Lipinski definition) is 3. The third kappa shape index (κ3) is 5.75. The third-order valence-electron chi connectivity index (χ3n) is 2.54. The Morgan fingerprint density at radius 2 is 2.06 bits per heavy atom. The standard InChI is InChI=1S/C12H25NO2S/c1-5-7-13-12(4,11(14)15)9-10(3)16-8-6-2/h10,13H,5-9H2,1-4H3,(H,14,15). The summed E-state index contributed by atoms with van der Waals surface area (Å²) in [5.74, 6) is 0.356. The predicted molar refractivity (Wildman–Crippen MR) is 71.2 cm³/mol. The van der Waals surface area contributed by atoms with Crippen LogP contribution in [-0.2, 0) is 4.79 Å². The zero-order valence-corrected chi connectivity index (χ0v) is 11.7. The maximum Gasteiger partial charge on any atom is 0.323 e. The smallest absolute Gasteiger partial charge is 0.323 e. The molecule has 0 radical (unpaired) electrons. The highest BCUT2D eigenvalue weighted by atomic mass is 32.2. The molecule has 0 aliphatic carbocycles. The van der Waals surface area contributed by atoms with Crippen molar-refractivity contribution in [1.82, 2.24) is 5.32 Å². The minimum absolute atomic E-state index is 0.380. The van der Waals surface area contributed by atoms with E-state index in [4.69, 9.17) is 0 Å². The molecule has 0 bridgehead atoms. The first kappa shape index (κ1) is 15.8.